The number of sulfonamides is 1. The zero-order valence-corrected chi connectivity index (χ0v) is 25.5. The van der Waals surface area contributed by atoms with Gasteiger partial charge in [-0.25, -0.2) is 0 Å². The maximum absolute atomic E-state index is 13.1. The number of aryl methyl sites for hydroxylation is 1. The number of carbonyl (C=O) groups is 1. The van der Waals surface area contributed by atoms with Gasteiger partial charge in [0.15, 0.2) is 0 Å². The van der Waals surface area contributed by atoms with Gasteiger partial charge in [-0.2, -0.15) is 0 Å². The molecule has 40 heavy (non-hydrogen) atoms. The molecule has 0 aliphatic heterocycles. The molecule has 1 amide bonds. The van der Waals surface area contributed by atoms with Crippen molar-refractivity contribution >= 4 is 51.9 Å². The molecule has 1 atom stereocenters. The Kier molecular flexibility index (Phi) is 7.40. The number of hydrogen-bond acceptors (Lipinski definition) is 5. The Bertz CT molecular complexity index is 1820. The third kappa shape index (κ3) is 6.02. The molecule has 5 rings (SSSR count). The molecule has 0 aliphatic carbocycles. The molecule has 0 radical (unpaired) electrons. The van der Waals surface area contributed by atoms with Gasteiger partial charge in [-0.15, -0.1) is 0 Å². The first-order valence-electron chi connectivity index (χ1n) is 12.6. The van der Waals surface area contributed by atoms with E-state index >= 15 is 0 Å². The van der Waals surface area contributed by atoms with E-state index < -0.39 is 25.8 Å². The zero-order chi connectivity index (χ0) is 28.7. The third-order valence-electron chi connectivity index (χ3n) is 6.61. The minimum atomic E-state index is -3.75. The molecular weight excluding hydrogens is 585 g/mol. The van der Waals surface area contributed by atoms with E-state index in [-0.39, 0.29) is 16.2 Å². The van der Waals surface area contributed by atoms with E-state index in [9.17, 15) is 13.2 Å². The van der Waals surface area contributed by atoms with E-state index in [0.717, 1.165) is 31.3 Å². The quantitative estimate of drug-likeness (QED) is 0.284. The number of primary sulfonamides is 1. The number of nitrogens with two attached hydrogens (primary N) is 1. The summed E-state index contributed by atoms with van der Waals surface area (Å²) < 4.78 is 27.1. The molecule has 3 N–H and O–H groups in total. The fourth-order valence-electron chi connectivity index (χ4n) is 4.25. The molecule has 3 aromatic carbocycles. The monoisotopic (exact) mass is 615 g/mol. The van der Waals surface area contributed by atoms with Gasteiger partial charge in [0.2, 0.25) is 0 Å². The number of anilines is 1. The van der Waals surface area contributed by atoms with E-state index in [0.29, 0.717) is 11.3 Å². The number of aromatic nitrogens is 3. The van der Waals surface area contributed by atoms with Gasteiger partial charge >= 0.3 is 215 Å². The summed E-state index contributed by atoms with van der Waals surface area (Å²) in [6.07, 6.45) is 5.52. The van der Waals surface area contributed by atoms with Gasteiger partial charge < -0.3 is 0 Å². The number of rotatable bonds is 6. The second kappa shape index (κ2) is 10.7. The summed E-state index contributed by atoms with van der Waals surface area (Å²) in [5.74, 6) is -0.172. The van der Waals surface area contributed by atoms with E-state index in [4.69, 9.17) is 10.1 Å². The number of hydrogen-bond donors (Lipinski definition) is 2. The van der Waals surface area contributed by atoms with Crippen LogP contribution in [0, 0.1) is 6.92 Å². The molecular formula is C30H30AsN5O3S. The van der Waals surface area contributed by atoms with Crippen LogP contribution in [0.2, 0.25) is 0 Å². The molecule has 1 unspecified atom stereocenters. The summed E-state index contributed by atoms with van der Waals surface area (Å²) in [7, 11) is -3.75. The van der Waals surface area contributed by atoms with Crippen LogP contribution in [0.3, 0.4) is 0 Å². The van der Waals surface area contributed by atoms with Crippen LogP contribution in [0.15, 0.2) is 90.2 Å². The van der Waals surface area contributed by atoms with Gasteiger partial charge in [-0.1, -0.05) is 20.8 Å². The number of fused-ring (bicyclic) bond motifs is 1. The Hall–Kier alpha value is -3.78. The van der Waals surface area contributed by atoms with Crippen LogP contribution in [-0.4, -0.2) is 44.4 Å². The average molecular weight is 616 g/mol. The Balaban J connectivity index is 1.44. The van der Waals surface area contributed by atoms with Gasteiger partial charge in [-0.3, -0.25) is 0 Å². The summed E-state index contributed by atoms with van der Waals surface area (Å²) in [4.78, 5) is 22.6. The van der Waals surface area contributed by atoms with E-state index in [1.807, 2.05) is 66.2 Å². The molecule has 0 spiro atoms. The Morgan fingerprint density at radius 3 is 2.35 bits per heavy atom. The number of benzene rings is 3. The average Bonchev–Trinajstić information content (AvgIpc) is 3.38. The van der Waals surface area contributed by atoms with Crippen molar-refractivity contribution in [1.29, 1.82) is 0 Å². The van der Waals surface area contributed by atoms with Crippen molar-refractivity contribution in [2.75, 3.05) is 5.32 Å². The fourth-order valence-corrected chi connectivity index (χ4v) is 7.05. The first-order chi connectivity index (χ1) is 18.9. The van der Waals surface area contributed by atoms with Crippen molar-refractivity contribution in [1.82, 2.24) is 14.4 Å². The normalized spacial score (nSPS) is 12.3. The zero-order valence-electron chi connectivity index (χ0n) is 22.6. The predicted octanol–water partition coefficient (Wildman–Crippen LogP) is 3.29. The summed E-state index contributed by atoms with van der Waals surface area (Å²) in [6, 6.07) is 20.2. The van der Waals surface area contributed by atoms with E-state index in [1.54, 1.807) is 18.3 Å². The van der Waals surface area contributed by atoms with Crippen LogP contribution in [0.5, 0.6) is 0 Å². The number of amides is 1. The molecule has 2 aromatic heterocycles. The molecule has 2 heterocycles. The minimum absolute atomic E-state index is 0.0132. The number of imidazole rings is 1. The Labute approximate surface area is 240 Å². The number of nitrogens with one attached hydrogen (secondary N) is 1. The molecule has 8 nitrogen and oxygen atoms in total. The van der Waals surface area contributed by atoms with E-state index in [2.05, 4.69) is 31.1 Å². The number of carbonyl (C=O) groups excluding carboxylic acids is 1. The summed E-state index contributed by atoms with van der Waals surface area (Å²) in [6.45, 7) is 8.38. The SMILES string of the molecule is Cc1ccc(-c2cn3ccnc3c([AsH]c3ccc(S(N)(=O)=O)cc3)n2)cc1NC(=O)c1ccc(C(C)(C)C)cc1. The van der Waals surface area contributed by atoms with Gasteiger partial charge in [0.1, 0.15) is 0 Å². The van der Waals surface area contributed by atoms with Crippen LogP contribution in [-0.2, 0) is 15.4 Å². The van der Waals surface area contributed by atoms with Crippen molar-refractivity contribution in [3.8, 4) is 11.3 Å². The van der Waals surface area contributed by atoms with Crippen LogP contribution >= 0.6 is 0 Å². The van der Waals surface area contributed by atoms with Crippen LogP contribution < -0.4 is 19.3 Å². The maximum atomic E-state index is 13.1. The van der Waals surface area contributed by atoms with Crippen LogP contribution in [0.4, 0.5) is 5.69 Å². The number of nitrogens with zero attached hydrogens (tertiary/aromatic N) is 3. The topological polar surface area (TPSA) is 119 Å². The van der Waals surface area contributed by atoms with Gasteiger partial charge in [0.25, 0.3) is 0 Å². The summed E-state index contributed by atoms with van der Waals surface area (Å²) in [5, 5.41) is 8.30. The van der Waals surface area contributed by atoms with Crippen molar-refractivity contribution in [2.24, 2.45) is 5.14 Å². The standard InChI is InChI=1S/C30H30AsN5O3S/c1-19-5-6-21(17-25(19)35-29(37)20-7-9-22(10-8-20)30(2,3)4)26-18-36-16-15-33-28(36)27(34-26)31-23-11-13-24(14-12-23)40(32,38)39/h5-18,31H,1-4H3,(H,35,37)(H2,32,38,39). The first kappa shape index (κ1) is 27.8. The third-order valence-corrected chi connectivity index (χ3v) is 10.0. The molecule has 0 bridgehead atoms. The molecule has 0 saturated carbocycles. The molecule has 204 valence electrons. The van der Waals surface area contributed by atoms with Gasteiger partial charge in [-0.05, 0) is 5.41 Å². The predicted molar refractivity (Wildman–Crippen MR) is 160 cm³/mol. The summed E-state index contributed by atoms with van der Waals surface area (Å²) >= 11 is -0.943. The van der Waals surface area contributed by atoms with Gasteiger partial charge in [0, 0.05) is 0 Å². The molecule has 5 aromatic rings. The molecule has 10 heteroatoms. The Morgan fingerprint density at radius 2 is 1.70 bits per heavy atom. The van der Waals surface area contributed by atoms with Crippen molar-refractivity contribution in [2.45, 2.75) is 38.0 Å². The van der Waals surface area contributed by atoms with Crippen molar-refractivity contribution in [3.63, 3.8) is 0 Å². The summed E-state index contributed by atoms with van der Waals surface area (Å²) in [5.41, 5.74) is 5.80. The fraction of sp³-hybridized carbons (Fsp3) is 0.167. The first-order valence-corrected chi connectivity index (χ1v) is 16.3. The van der Waals surface area contributed by atoms with Crippen LogP contribution in [0.25, 0.3) is 16.9 Å². The van der Waals surface area contributed by atoms with Crippen LogP contribution in [0.1, 0.15) is 42.3 Å². The second-order valence-electron chi connectivity index (χ2n) is 10.6. The second-order valence-corrected chi connectivity index (χ2v) is 14.9. The van der Waals surface area contributed by atoms with Crippen molar-refractivity contribution < 1.29 is 13.2 Å². The molecule has 0 aliphatic rings. The van der Waals surface area contributed by atoms with Crippen molar-refractivity contribution in [3.05, 3.63) is 102 Å². The molecule has 0 fully saturated rings. The molecule has 0 saturated heterocycles. The van der Waals surface area contributed by atoms with Gasteiger partial charge in [0.05, 0.1) is 0 Å². The van der Waals surface area contributed by atoms with E-state index in [1.165, 1.54) is 17.7 Å². The Morgan fingerprint density at radius 1 is 1.00 bits per heavy atom.